The van der Waals surface area contributed by atoms with Gasteiger partial charge in [0.2, 0.25) is 5.78 Å². The molecule has 0 saturated heterocycles. The second-order valence-corrected chi connectivity index (χ2v) is 7.24. The summed E-state index contributed by atoms with van der Waals surface area (Å²) in [5, 5.41) is 0.586. The summed E-state index contributed by atoms with van der Waals surface area (Å²) in [6.45, 7) is 0.331. The topological polar surface area (TPSA) is 51.3 Å². The van der Waals surface area contributed by atoms with Crippen LogP contribution in [-0.2, 0) is 6.61 Å². The van der Waals surface area contributed by atoms with E-state index in [4.69, 9.17) is 32.7 Å². The van der Waals surface area contributed by atoms with E-state index in [2.05, 4.69) is 4.98 Å². The number of carbonyl (C=O) groups excluding carboxylic acids is 1. The Morgan fingerprint density at radius 1 is 1.12 bits per heavy atom. The molecule has 0 spiro atoms. The van der Waals surface area contributed by atoms with Crippen LogP contribution in [0, 0.1) is 3.57 Å². The predicted octanol–water partition coefficient (Wildman–Crippen LogP) is 5.74. The molecule has 26 heavy (non-hydrogen) atoms. The lowest BCUT2D eigenvalue weighted by atomic mass is 10.1. The average Bonchev–Trinajstić information content (AvgIpc) is 2.94. The summed E-state index contributed by atoms with van der Waals surface area (Å²) in [4.78, 5) is 15.7. The van der Waals surface area contributed by atoms with Gasteiger partial charge in [-0.15, -0.1) is 0 Å². The van der Waals surface area contributed by atoms with Crippen LogP contribution in [0.1, 0.15) is 21.6 Å². The molecule has 1 heterocycles. The van der Waals surface area contributed by atoms with Gasteiger partial charge in [-0.3, -0.25) is 4.79 Å². The van der Waals surface area contributed by atoms with Crippen LogP contribution >= 0.6 is 45.8 Å². The van der Waals surface area contributed by atoms with Crippen LogP contribution in [0.15, 0.2) is 48.5 Å². The molecule has 0 radical (unpaired) electrons. The zero-order chi connectivity index (χ0) is 18.7. The lowest BCUT2D eigenvalue weighted by Crippen LogP contribution is -2.07. The molecule has 1 N–H and O–H groups in total. The van der Waals surface area contributed by atoms with Gasteiger partial charge in [0.05, 0.1) is 21.3 Å². The number of methoxy groups -OCH3 is 1. The first kappa shape index (κ1) is 19.1. The molecule has 0 bridgehead atoms. The van der Waals surface area contributed by atoms with Crippen LogP contribution in [0.4, 0.5) is 0 Å². The molecule has 3 aromatic rings. The largest absolute Gasteiger partial charge is 0.497 e. The summed E-state index contributed by atoms with van der Waals surface area (Å²) >= 11 is 14.1. The fourth-order valence-electron chi connectivity index (χ4n) is 2.38. The Labute approximate surface area is 174 Å². The van der Waals surface area contributed by atoms with E-state index in [1.54, 1.807) is 25.3 Å². The fraction of sp³-hybridized carbons (Fsp3) is 0.105. The molecule has 4 nitrogen and oxygen atoms in total. The number of halogens is 3. The highest BCUT2D eigenvalue weighted by molar-refractivity contribution is 14.1. The summed E-state index contributed by atoms with van der Waals surface area (Å²) in [7, 11) is 1.62. The van der Waals surface area contributed by atoms with Crippen molar-refractivity contribution in [1.82, 2.24) is 4.98 Å². The lowest BCUT2D eigenvalue weighted by Gasteiger charge is -2.11. The van der Waals surface area contributed by atoms with Gasteiger partial charge in [0.25, 0.3) is 0 Å². The molecule has 0 unspecified atom stereocenters. The van der Waals surface area contributed by atoms with Crippen molar-refractivity contribution in [3.05, 3.63) is 79.1 Å². The van der Waals surface area contributed by atoms with E-state index in [0.717, 1.165) is 11.3 Å². The van der Waals surface area contributed by atoms with E-state index >= 15 is 0 Å². The minimum atomic E-state index is -0.228. The van der Waals surface area contributed by atoms with Gasteiger partial charge in [0.1, 0.15) is 29.0 Å². The number of ether oxygens (including phenoxy) is 2. The van der Waals surface area contributed by atoms with Gasteiger partial charge < -0.3 is 14.5 Å². The minimum absolute atomic E-state index is 0.228. The van der Waals surface area contributed by atoms with E-state index in [1.165, 1.54) is 0 Å². The van der Waals surface area contributed by atoms with Gasteiger partial charge in [0.15, 0.2) is 0 Å². The quantitative estimate of drug-likeness (QED) is 0.346. The third-order valence-corrected chi connectivity index (χ3v) is 5.91. The van der Waals surface area contributed by atoms with Gasteiger partial charge in [-0.05, 0) is 52.4 Å². The summed E-state index contributed by atoms with van der Waals surface area (Å²) < 4.78 is 11.6. The zero-order valence-corrected chi connectivity index (χ0v) is 17.4. The molecule has 3 rings (SSSR count). The molecule has 0 amide bonds. The Kier molecular flexibility index (Phi) is 6.11. The standard InChI is InChI=1S/C19H14Cl2INO3/c1-25-12-8-6-11(7-9-12)10-26-14-5-3-2-4-13(14)18(24)17-16(22)15(20)19(21)23-17/h2-9,23H,10H2,1H3. The van der Waals surface area contributed by atoms with Crippen molar-refractivity contribution >= 4 is 51.6 Å². The number of benzene rings is 2. The van der Waals surface area contributed by atoms with Gasteiger partial charge in [-0.1, -0.05) is 47.5 Å². The molecule has 2 aromatic carbocycles. The molecule has 0 aliphatic carbocycles. The minimum Gasteiger partial charge on any atom is -0.497 e. The highest BCUT2D eigenvalue weighted by atomic mass is 127. The monoisotopic (exact) mass is 501 g/mol. The SMILES string of the molecule is COc1ccc(COc2ccccc2C(=O)c2[nH]c(Cl)c(Cl)c2I)cc1. The van der Waals surface area contributed by atoms with E-state index in [0.29, 0.717) is 32.2 Å². The maximum absolute atomic E-state index is 12.9. The van der Waals surface area contributed by atoms with Crippen molar-refractivity contribution < 1.29 is 14.3 Å². The van der Waals surface area contributed by atoms with Crippen molar-refractivity contribution in [2.75, 3.05) is 7.11 Å². The molecule has 0 saturated carbocycles. The van der Waals surface area contributed by atoms with Gasteiger partial charge in [-0.2, -0.15) is 0 Å². The number of ketones is 1. The zero-order valence-electron chi connectivity index (χ0n) is 13.7. The van der Waals surface area contributed by atoms with E-state index < -0.39 is 0 Å². The first-order chi connectivity index (χ1) is 12.5. The second-order valence-electron chi connectivity index (χ2n) is 5.40. The third-order valence-electron chi connectivity index (χ3n) is 3.75. The summed E-state index contributed by atoms with van der Waals surface area (Å²) in [5.41, 5.74) is 1.75. The number of rotatable bonds is 6. The summed E-state index contributed by atoms with van der Waals surface area (Å²) in [5.74, 6) is 1.04. The maximum Gasteiger partial charge on any atom is 0.214 e. The molecule has 1 aromatic heterocycles. The Balaban J connectivity index is 1.83. The molecular formula is C19H14Cl2INO3. The average molecular weight is 502 g/mol. The van der Waals surface area contributed by atoms with Crippen molar-refractivity contribution in [2.24, 2.45) is 0 Å². The van der Waals surface area contributed by atoms with E-state index in [1.807, 2.05) is 52.9 Å². The second kappa shape index (κ2) is 8.33. The molecule has 0 aliphatic heterocycles. The number of carbonyl (C=O) groups is 1. The van der Waals surface area contributed by atoms with E-state index in [9.17, 15) is 4.79 Å². The van der Waals surface area contributed by atoms with Crippen LogP contribution in [0.25, 0.3) is 0 Å². The van der Waals surface area contributed by atoms with Crippen molar-refractivity contribution in [3.63, 3.8) is 0 Å². The molecular weight excluding hydrogens is 488 g/mol. The number of para-hydroxylation sites is 1. The Bertz CT molecular complexity index is 938. The van der Waals surface area contributed by atoms with Crippen LogP contribution in [-0.4, -0.2) is 17.9 Å². The van der Waals surface area contributed by atoms with Crippen LogP contribution in [0.5, 0.6) is 11.5 Å². The Hall–Kier alpha value is -1.70. The summed E-state index contributed by atoms with van der Waals surface area (Å²) in [6.07, 6.45) is 0. The number of aromatic nitrogens is 1. The van der Waals surface area contributed by atoms with Crippen molar-refractivity contribution in [1.29, 1.82) is 0 Å². The number of H-pyrrole nitrogens is 1. The molecule has 7 heteroatoms. The highest BCUT2D eigenvalue weighted by Crippen LogP contribution is 2.32. The molecule has 0 atom stereocenters. The maximum atomic E-state index is 12.9. The smallest absolute Gasteiger partial charge is 0.214 e. The number of aromatic amines is 1. The summed E-state index contributed by atoms with van der Waals surface area (Å²) in [6, 6.07) is 14.6. The van der Waals surface area contributed by atoms with Gasteiger partial charge in [0, 0.05) is 0 Å². The Morgan fingerprint density at radius 2 is 1.81 bits per heavy atom. The van der Waals surface area contributed by atoms with Crippen molar-refractivity contribution in [2.45, 2.75) is 6.61 Å². The number of nitrogens with one attached hydrogen (secondary N) is 1. The molecule has 0 aliphatic rings. The third kappa shape index (κ3) is 4.00. The van der Waals surface area contributed by atoms with Gasteiger partial charge >= 0.3 is 0 Å². The van der Waals surface area contributed by atoms with Crippen molar-refractivity contribution in [3.8, 4) is 11.5 Å². The van der Waals surface area contributed by atoms with Crippen LogP contribution in [0.3, 0.4) is 0 Å². The first-order valence-electron chi connectivity index (χ1n) is 7.63. The number of hydrogen-bond donors (Lipinski definition) is 1. The van der Waals surface area contributed by atoms with E-state index in [-0.39, 0.29) is 10.9 Å². The first-order valence-corrected chi connectivity index (χ1v) is 9.46. The normalized spacial score (nSPS) is 10.6. The Morgan fingerprint density at radius 3 is 2.42 bits per heavy atom. The molecule has 134 valence electrons. The van der Waals surface area contributed by atoms with Gasteiger partial charge in [-0.25, -0.2) is 0 Å². The fourth-order valence-corrected chi connectivity index (χ4v) is 3.52. The molecule has 0 fully saturated rings. The number of hydrogen-bond acceptors (Lipinski definition) is 3. The lowest BCUT2D eigenvalue weighted by molar-refractivity contribution is 0.102. The predicted molar refractivity (Wildman–Crippen MR) is 111 cm³/mol. The highest BCUT2D eigenvalue weighted by Gasteiger charge is 2.22. The van der Waals surface area contributed by atoms with Crippen LogP contribution < -0.4 is 9.47 Å². The van der Waals surface area contributed by atoms with Crippen LogP contribution in [0.2, 0.25) is 10.2 Å².